The number of halogens is 1. The van der Waals surface area contributed by atoms with Crippen LogP contribution in [0.15, 0.2) is 60.4 Å². The number of piperidine rings is 1. The van der Waals surface area contributed by atoms with E-state index >= 15 is 4.39 Å². The molecule has 3 N–H and O–H groups in total. The summed E-state index contributed by atoms with van der Waals surface area (Å²) in [5.41, 5.74) is 6.92. The molecule has 41 heavy (non-hydrogen) atoms. The molecule has 0 spiro atoms. The third kappa shape index (κ3) is 5.82. The molecule has 1 saturated heterocycles. The highest BCUT2D eigenvalue weighted by Gasteiger charge is 2.31. The summed E-state index contributed by atoms with van der Waals surface area (Å²) in [6, 6.07) is 12.3. The van der Waals surface area contributed by atoms with Gasteiger partial charge in [-0.2, -0.15) is 10.4 Å². The monoisotopic (exact) mass is 555 g/mol. The van der Waals surface area contributed by atoms with E-state index in [1.807, 2.05) is 26.8 Å². The molecular weight excluding hydrogens is 525 g/mol. The van der Waals surface area contributed by atoms with Crippen molar-refractivity contribution >= 4 is 22.8 Å². The fourth-order valence-corrected chi connectivity index (χ4v) is 4.92. The number of hydrogen-bond acceptors (Lipinski definition) is 8. The zero-order valence-electron chi connectivity index (χ0n) is 23.0. The number of anilines is 1. The van der Waals surface area contributed by atoms with Gasteiger partial charge >= 0.3 is 0 Å². The molecule has 1 amide bonds. The minimum Gasteiger partial charge on any atom is -0.508 e. The molecule has 0 bridgehead atoms. The van der Waals surface area contributed by atoms with Crippen LogP contribution in [0.25, 0.3) is 22.3 Å². The molecule has 1 unspecified atom stereocenters. The van der Waals surface area contributed by atoms with Crippen molar-refractivity contribution in [3.8, 4) is 34.6 Å². The highest BCUT2D eigenvalue weighted by molar-refractivity contribution is 5.99. The average molecular weight is 556 g/mol. The summed E-state index contributed by atoms with van der Waals surface area (Å²) < 4.78 is 22.9. The number of benzene rings is 2. The van der Waals surface area contributed by atoms with Gasteiger partial charge in [0.25, 0.3) is 5.91 Å². The SMILES string of the molecule is CC(C)(C)C=C(C#N)C(=O)N1CCCC(n2nc(-c3ccc(Oc4ccc(O)cc4)cc3F)c3c(N)ncnc32)C1. The Morgan fingerprint density at radius 2 is 1.93 bits per heavy atom. The largest absolute Gasteiger partial charge is 0.508 e. The Labute approximate surface area is 236 Å². The molecule has 2 aromatic carbocycles. The van der Waals surface area contributed by atoms with E-state index in [0.717, 1.165) is 0 Å². The first-order valence-electron chi connectivity index (χ1n) is 13.2. The molecule has 1 aliphatic heterocycles. The van der Waals surface area contributed by atoms with Gasteiger partial charge in [-0.1, -0.05) is 26.8 Å². The number of phenolic OH excluding ortho intramolecular Hbond substituents is 1. The van der Waals surface area contributed by atoms with E-state index in [1.165, 1.54) is 24.5 Å². The summed E-state index contributed by atoms with van der Waals surface area (Å²) in [5, 5.41) is 24.3. The predicted molar refractivity (Wildman–Crippen MR) is 151 cm³/mol. The van der Waals surface area contributed by atoms with Gasteiger partial charge in [-0.15, -0.1) is 0 Å². The van der Waals surface area contributed by atoms with Crippen molar-refractivity contribution in [1.29, 1.82) is 5.26 Å². The van der Waals surface area contributed by atoms with Crippen molar-refractivity contribution in [2.75, 3.05) is 18.8 Å². The van der Waals surface area contributed by atoms with Crippen LogP contribution in [0.1, 0.15) is 39.7 Å². The Hall–Kier alpha value is -4.98. The van der Waals surface area contributed by atoms with Gasteiger partial charge in [-0.25, -0.2) is 19.0 Å². The summed E-state index contributed by atoms with van der Waals surface area (Å²) >= 11 is 0. The normalized spacial score (nSPS) is 16.0. The van der Waals surface area contributed by atoms with Crippen LogP contribution < -0.4 is 10.5 Å². The number of rotatable bonds is 5. The quantitative estimate of drug-likeness (QED) is 0.247. The van der Waals surface area contributed by atoms with E-state index < -0.39 is 5.82 Å². The van der Waals surface area contributed by atoms with Crippen molar-refractivity contribution < 1.29 is 19.0 Å². The second-order valence-electron chi connectivity index (χ2n) is 11.1. The molecule has 3 heterocycles. The maximum Gasteiger partial charge on any atom is 0.264 e. The third-order valence-electron chi connectivity index (χ3n) is 6.74. The Morgan fingerprint density at radius 3 is 2.61 bits per heavy atom. The number of nitrogen functional groups attached to an aromatic ring is 1. The first-order chi connectivity index (χ1) is 19.5. The number of ether oxygens (including phenoxy) is 1. The number of carbonyl (C=O) groups excluding carboxylic acids is 1. The molecule has 10 nitrogen and oxygen atoms in total. The van der Waals surface area contributed by atoms with Crippen molar-refractivity contribution in [2.45, 2.75) is 39.7 Å². The molecule has 1 aliphatic rings. The van der Waals surface area contributed by atoms with Crippen molar-refractivity contribution in [3.63, 3.8) is 0 Å². The number of nitriles is 1. The summed E-state index contributed by atoms with van der Waals surface area (Å²) in [4.78, 5) is 23.4. The zero-order valence-corrected chi connectivity index (χ0v) is 23.0. The number of amides is 1. The lowest BCUT2D eigenvalue weighted by atomic mass is 9.93. The van der Waals surface area contributed by atoms with Gasteiger partial charge in [0.2, 0.25) is 0 Å². The van der Waals surface area contributed by atoms with Crippen LogP contribution in [0.3, 0.4) is 0 Å². The van der Waals surface area contributed by atoms with E-state index in [1.54, 1.807) is 39.9 Å². The van der Waals surface area contributed by atoms with E-state index in [2.05, 4.69) is 9.97 Å². The number of nitrogens with zero attached hydrogens (tertiary/aromatic N) is 6. The summed E-state index contributed by atoms with van der Waals surface area (Å²) in [6.45, 7) is 6.62. The Kier molecular flexibility index (Phi) is 7.32. The van der Waals surface area contributed by atoms with E-state index in [-0.39, 0.29) is 51.5 Å². The maximum absolute atomic E-state index is 15.5. The van der Waals surface area contributed by atoms with Gasteiger partial charge in [-0.3, -0.25) is 4.79 Å². The van der Waals surface area contributed by atoms with Gasteiger partial charge in [0.15, 0.2) is 5.65 Å². The second-order valence-corrected chi connectivity index (χ2v) is 11.1. The molecule has 0 aliphatic carbocycles. The number of hydrogen-bond donors (Lipinski definition) is 2. The smallest absolute Gasteiger partial charge is 0.264 e. The fourth-order valence-electron chi connectivity index (χ4n) is 4.92. The zero-order chi connectivity index (χ0) is 29.3. The van der Waals surface area contributed by atoms with Crippen LogP contribution in [0.5, 0.6) is 17.2 Å². The molecular formula is C30H30FN7O3. The molecule has 1 fully saturated rings. The number of aromatic nitrogens is 4. The van der Waals surface area contributed by atoms with Crippen LogP contribution in [0, 0.1) is 22.6 Å². The number of likely N-dealkylation sites (tertiary alicyclic amines) is 1. The average Bonchev–Trinajstić information content (AvgIpc) is 3.33. The summed E-state index contributed by atoms with van der Waals surface area (Å²) in [6.07, 6.45) is 4.42. The molecule has 11 heteroatoms. The minimum absolute atomic E-state index is 0.0958. The highest BCUT2D eigenvalue weighted by Crippen LogP contribution is 2.36. The number of nitrogens with two attached hydrogens (primary N) is 1. The number of fused-ring (bicyclic) bond motifs is 1. The van der Waals surface area contributed by atoms with Gasteiger partial charge in [0, 0.05) is 24.7 Å². The summed E-state index contributed by atoms with van der Waals surface area (Å²) in [7, 11) is 0. The number of carbonyl (C=O) groups is 1. The second kappa shape index (κ2) is 10.9. The van der Waals surface area contributed by atoms with Gasteiger partial charge < -0.3 is 20.5 Å². The Morgan fingerprint density at radius 1 is 1.20 bits per heavy atom. The Bertz CT molecular complexity index is 1680. The molecule has 2 aromatic heterocycles. The molecule has 0 radical (unpaired) electrons. The first-order valence-corrected chi connectivity index (χ1v) is 13.2. The van der Waals surface area contributed by atoms with Gasteiger partial charge in [0.1, 0.15) is 52.5 Å². The van der Waals surface area contributed by atoms with Gasteiger partial charge in [0.05, 0.1) is 11.4 Å². The predicted octanol–water partition coefficient (Wildman–Crippen LogP) is 5.37. The maximum atomic E-state index is 15.5. The standard InChI is InChI=1S/C30H30FN7O3/c1-30(2,3)14-18(15-32)29(40)37-12-4-5-19(16-37)38-28-25(27(33)34-17-35-28)26(36-38)23-11-10-22(13-24(23)31)41-21-8-6-20(39)7-9-21/h6-11,13-14,17,19,39H,4-5,12,16H2,1-3H3,(H2,33,34,35). The lowest BCUT2D eigenvalue weighted by molar-refractivity contribution is -0.128. The molecule has 5 rings (SSSR count). The topological polar surface area (TPSA) is 143 Å². The summed E-state index contributed by atoms with van der Waals surface area (Å²) in [5.74, 6) is 0.0523. The van der Waals surface area contributed by atoms with Crippen LogP contribution in [0.4, 0.5) is 10.2 Å². The van der Waals surface area contributed by atoms with Crippen molar-refractivity contribution in [2.24, 2.45) is 5.41 Å². The molecule has 0 saturated carbocycles. The van der Waals surface area contributed by atoms with Crippen molar-refractivity contribution in [1.82, 2.24) is 24.6 Å². The molecule has 1 atom stereocenters. The first kappa shape index (κ1) is 27.6. The number of phenols is 1. The van der Waals surface area contributed by atoms with E-state index in [9.17, 15) is 15.2 Å². The van der Waals surface area contributed by atoms with Crippen molar-refractivity contribution in [3.05, 3.63) is 66.3 Å². The van der Waals surface area contributed by atoms with Crippen LogP contribution in [0.2, 0.25) is 0 Å². The fraction of sp³-hybridized carbons (Fsp3) is 0.300. The lowest BCUT2D eigenvalue weighted by Crippen LogP contribution is -2.41. The third-order valence-corrected chi connectivity index (χ3v) is 6.74. The lowest BCUT2D eigenvalue weighted by Gasteiger charge is -2.33. The number of allylic oxidation sites excluding steroid dienone is 1. The number of aromatic hydroxyl groups is 1. The van der Waals surface area contributed by atoms with Crippen LogP contribution >= 0.6 is 0 Å². The highest BCUT2D eigenvalue weighted by atomic mass is 19.1. The van der Waals surface area contributed by atoms with Crippen LogP contribution in [-0.4, -0.2) is 48.8 Å². The van der Waals surface area contributed by atoms with E-state index in [4.69, 9.17) is 15.6 Å². The van der Waals surface area contributed by atoms with Gasteiger partial charge in [-0.05, 0) is 54.7 Å². The van der Waals surface area contributed by atoms with E-state index in [0.29, 0.717) is 42.7 Å². The Balaban J connectivity index is 1.48. The molecule has 4 aromatic rings. The minimum atomic E-state index is -0.581. The van der Waals surface area contributed by atoms with Crippen LogP contribution in [-0.2, 0) is 4.79 Å². The molecule has 210 valence electrons.